The molecule has 0 unspecified atom stereocenters. The predicted molar refractivity (Wildman–Crippen MR) is 85.6 cm³/mol. The van der Waals surface area contributed by atoms with Crippen LogP contribution in [-0.4, -0.2) is 29.9 Å². The van der Waals surface area contributed by atoms with Crippen LogP contribution in [0.3, 0.4) is 0 Å². The van der Waals surface area contributed by atoms with Gasteiger partial charge in [0.15, 0.2) is 0 Å². The normalized spacial score (nSPS) is 15.1. The van der Waals surface area contributed by atoms with Gasteiger partial charge < -0.3 is 10.6 Å². The molecule has 0 radical (unpaired) electrons. The number of carbonyl (C=O) groups excluding carboxylic acids is 1. The van der Waals surface area contributed by atoms with Crippen LogP contribution in [0.4, 0.5) is 0 Å². The van der Waals surface area contributed by atoms with E-state index in [1.165, 1.54) is 57.8 Å². The molecular weight excluding hydrogens is 248 g/mol. The van der Waals surface area contributed by atoms with Gasteiger partial charge in [0.25, 0.3) is 0 Å². The molecule has 1 aliphatic carbocycles. The van der Waals surface area contributed by atoms with Crippen molar-refractivity contribution in [2.24, 2.45) is 5.73 Å². The SMILES string of the molecule is CCCCCCCCCC(=O)N(CCCN)C1CCC1. The zero-order valence-electron chi connectivity index (χ0n) is 13.4. The van der Waals surface area contributed by atoms with Crippen molar-refractivity contribution in [2.75, 3.05) is 13.1 Å². The summed E-state index contributed by atoms with van der Waals surface area (Å²) >= 11 is 0. The Bertz CT molecular complexity index is 251. The van der Waals surface area contributed by atoms with E-state index in [9.17, 15) is 4.79 Å². The van der Waals surface area contributed by atoms with Gasteiger partial charge in [-0.2, -0.15) is 0 Å². The fourth-order valence-electron chi connectivity index (χ4n) is 2.85. The summed E-state index contributed by atoms with van der Waals surface area (Å²) < 4.78 is 0. The lowest BCUT2D eigenvalue weighted by atomic mass is 9.91. The highest BCUT2D eigenvalue weighted by Gasteiger charge is 2.27. The molecule has 0 aromatic rings. The third-order valence-electron chi connectivity index (χ3n) is 4.43. The molecule has 118 valence electrons. The van der Waals surface area contributed by atoms with Crippen molar-refractivity contribution in [2.45, 2.75) is 90.0 Å². The molecule has 0 atom stereocenters. The molecular formula is C17H34N2O. The van der Waals surface area contributed by atoms with E-state index < -0.39 is 0 Å². The van der Waals surface area contributed by atoms with E-state index in [2.05, 4.69) is 11.8 Å². The number of nitrogens with two attached hydrogens (primary N) is 1. The average molecular weight is 282 g/mol. The van der Waals surface area contributed by atoms with Gasteiger partial charge in [-0.3, -0.25) is 4.79 Å². The number of rotatable bonds is 12. The molecule has 1 fully saturated rings. The number of amides is 1. The summed E-state index contributed by atoms with van der Waals surface area (Å²) in [6.45, 7) is 3.81. The molecule has 1 aliphatic rings. The van der Waals surface area contributed by atoms with Crippen LogP contribution >= 0.6 is 0 Å². The lowest BCUT2D eigenvalue weighted by molar-refractivity contribution is -0.135. The second kappa shape index (κ2) is 11.1. The lowest BCUT2D eigenvalue weighted by Crippen LogP contribution is -2.45. The van der Waals surface area contributed by atoms with Crippen LogP contribution in [0.5, 0.6) is 0 Å². The molecule has 3 heteroatoms. The molecule has 2 N–H and O–H groups in total. The van der Waals surface area contributed by atoms with Gasteiger partial charge in [-0.25, -0.2) is 0 Å². The fraction of sp³-hybridized carbons (Fsp3) is 0.941. The van der Waals surface area contributed by atoms with Crippen molar-refractivity contribution >= 4 is 5.91 Å². The van der Waals surface area contributed by atoms with E-state index >= 15 is 0 Å². The van der Waals surface area contributed by atoms with Crippen molar-refractivity contribution in [3.8, 4) is 0 Å². The highest BCUT2D eigenvalue weighted by molar-refractivity contribution is 5.76. The Morgan fingerprint density at radius 1 is 1.05 bits per heavy atom. The first kappa shape index (κ1) is 17.5. The van der Waals surface area contributed by atoms with Crippen molar-refractivity contribution in [1.29, 1.82) is 0 Å². The van der Waals surface area contributed by atoms with Gasteiger partial charge in [-0.1, -0.05) is 45.4 Å². The minimum Gasteiger partial charge on any atom is -0.340 e. The zero-order valence-corrected chi connectivity index (χ0v) is 13.4. The second-order valence-corrected chi connectivity index (χ2v) is 6.19. The van der Waals surface area contributed by atoms with Crippen LogP contribution in [0.25, 0.3) is 0 Å². The quantitative estimate of drug-likeness (QED) is 0.553. The Balaban J connectivity index is 2.11. The van der Waals surface area contributed by atoms with Crippen LogP contribution in [0.15, 0.2) is 0 Å². The molecule has 3 nitrogen and oxygen atoms in total. The van der Waals surface area contributed by atoms with Gasteiger partial charge in [0.2, 0.25) is 5.91 Å². The largest absolute Gasteiger partial charge is 0.340 e. The fourth-order valence-corrected chi connectivity index (χ4v) is 2.85. The van der Waals surface area contributed by atoms with E-state index in [1.54, 1.807) is 0 Å². The topological polar surface area (TPSA) is 46.3 Å². The van der Waals surface area contributed by atoms with Gasteiger partial charge in [0, 0.05) is 19.0 Å². The summed E-state index contributed by atoms with van der Waals surface area (Å²) in [6.07, 6.45) is 14.3. The standard InChI is InChI=1S/C17H34N2O/c1-2-3-4-5-6-7-8-13-17(20)19(15-10-14-18)16-11-9-12-16/h16H,2-15,18H2,1H3. The van der Waals surface area contributed by atoms with Gasteiger partial charge in [-0.15, -0.1) is 0 Å². The number of nitrogens with zero attached hydrogens (tertiary/aromatic N) is 1. The summed E-state index contributed by atoms with van der Waals surface area (Å²) in [5.41, 5.74) is 5.58. The van der Waals surface area contributed by atoms with Gasteiger partial charge in [0.05, 0.1) is 0 Å². The molecule has 1 rings (SSSR count). The number of carbonyl (C=O) groups is 1. The van der Waals surface area contributed by atoms with Crippen LogP contribution in [-0.2, 0) is 4.79 Å². The zero-order chi connectivity index (χ0) is 14.6. The minimum atomic E-state index is 0.372. The third kappa shape index (κ3) is 6.74. The molecule has 0 spiro atoms. The molecule has 0 heterocycles. The monoisotopic (exact) mass is 282 g/mol. The van der Waals surface area contributed by atoms with Crippen molar-refractivity contribution in [3.63, 3.8) is 0 Å². The Hall–Kier alpha value is -0.570. The number of hydrogen-bond donors (Lipinski definition) is 1. The molecule has 20 heavy (non-hydrogen) atoms. The van der Waals surface area contributed by atoms with E-state index in [0.29, 0.717) is 18.5 Å². The maximum atomic E-state index is 12.3. The summed E-state index contributed by atoms with van der Waals surface area (Å²) in [5.74, 6) is 0.372. The molecule has 1 saturated carbocycles. The van der Waals surface area contributed by atoms with E-state index in [-0.39, 0.29) is 0 Å². The maximum absolute atomic E-state index is 12.3. The average Bonchev–Trinajstić information content (AvgIpc) is 2.40. The number of unbranched alkanes of at least 4 members (excludes halogenated alkanes) is 6. The summed E-state index contributed by atoms with van der Waals surface area (Å²) in [5, 5.41) is 0. The summed E-state index contributed by atoms with van der Waals surface area (Å²) in [4.78, 5) is 14.4. The summed E-state index contributed by atoms with van der Waals surface area (Å²) in [6, 6.07) is 0.526. The number of hydrogen-bond acceptors (Lipinski definition) is 2. The first-order chi connectivity index (χ1) is 9.79. The second-order valence-electron chi connectivity index (χ2n) is 6.19. The van der Waals surface area contributed by atoms with Crippen molar-refractivity contribution in [1.82, 2.24) is 4.90 Å². The maximum Gasteiger partial charge on any atom is 0.222 e. The molecule has 0 bridgehead atoms. The van der Waals surface area contributed by atoms with E-state index in [4.69, 9.17) is 5.73 Å². The van der Waals surface area contributed by atoms with Crippen LogP contribution < -0.4 is 5.73 Å². The first-order valence-electron chi connectivity index (χ1n) is 8.79. The van der Waals surface area contributed by atoms with Crippen LogP contribution in [0, 0.1) is 0 Å². The lowest BCUT2D eigenvalue weighted by Gasteiger charge is -2.37. The Morgan fingerprint density at radius 3 is 2.25 bits per heavy atom. The van der Waals surface area contributed by atoms with Gasteiger partial charge >= 0.3 is 0 Å². The van der Waals surface area contributed by atoms with Gasteiger partial charge in [-0.05, 0) is 38.6 Å². The summed E-state index contributed by atoms with van der Waals surface area (Å²) in [7, 11) is 0. The molecule has 0 aromatic heterocycles. The highest BCUT2D eigenvalue weighted by atomic mass is 16.2. The van der Waals surface area contributed by atoms with E-state index in [1.807, 2.05) is 0 Å². The van der Waals surface area contributed by atoms with Crippen molar-refractivity contribution < 1.29 is 4.79 Å². The van der Waals surface area contributed by atoms with Crippen LogP contribution in [0.2, 0.25) is 0 Å². The third-order valence-corrected chi connectivity index (χ3v) is 4.43. The smallest absolute Gasteiger partial charge is 0.222 e. The first-order valence-corrected chi connectivity index (χ1v) is 8.79. The Kier molecular flexibility index (Phi) is 9.73. The highest BCUT2D eigenvalue weighted by Crippen LogP contribution is 2.25. The Morgan fingerprint density at radius 2 is 1.70 bits per heavy atom. The van der Waals surface area contributed by atoms with Gasteiger partial charge in [0.1, 0.15) is 0 Å². The van der Waals surface area contributed by atoms with Crippen molar-refractivity contribution in [3.05, 3.63) is 0 Å². The molecule has 1 amide bonds. The van der Waals surface area contributed by atoms with Crippen LogP contribution in [0.1, 0.15) is 84.0 Å². The minimum absolute atomic E-state index is 0.372. The Labute approximate surface area is 125 Å². The van der Waals surface area contributed by atoms with E-state index in [0.717, 1.165) is 25.8 Å². The molecule has 0 saturated heterocycles. The molecule has 0 aliphatic heterocycles. The predicted octanol–water partition coefficient (Wildman–Crippen LogP) is 3.86. The molecule has 0 aromatic carbocycles.